The fraction of sp³-hybridized carbons (Fsp3) is 0.440. The van der Waals surface area contributed by atoms with Crippen LogP contribution in [0.4, 0.5) is 10.1 Å². The van der Waals surface area contributed by atoms with Crippen LogP contribution in [-0.2, 0) is 26.2 Å². The zero-order valence-electron chi connectivity index (χ0n) is 20.9. The lowest BCUT2D eigenvalue weighted by Gasteiger charge is -2.32. The summed E-state index contributed by atoms with van der Waals surface area (Å²) in [6.45, 7) is 5.98. The average Bonchev–Trinajstić information content (AvgIpc) is 3.34. The van der Waals surface area contributed by atoms with Crippen LogP contribution in [0.15, 0.2) is 42.5 Å². The van der Waals surface area contributed by atoms with Crippen molar-refractivity contribution in [1.82, 2.24) is 10.2 Å². The van der Waals surface area contributed by atoms with Gasteiger partial charge in [-0.1, -0.05) is 25.1 Å². The van der Waals surface area contributed by atoms with Crippen molar-refractivity contribution < 1.29 is 31.9 Å². The minimum Gasteiger partial charge on any atom is -0.454 e. The first-order valence-electron chi connectivity index (χ1n) is 11.8. The predicted molar refractivity (Wildman–Crippen MR) is 134 cm³/mol. The summed E-state index contributed by atoms with van der Waals surface area (Å²) in [6, 6.07) is 9.42. The molecule has 2 atom stereocenters. The highest BCUT2D eigenvalue weighted by Gasteiger charge is 2.32. The van der Waals surface area contributed by atoms with Gasteiger partial charge in [-0.2, -0.15) is 0 Å². The Balaban J connectivity index is 1.95. The van der Waals surface area contributed by atoms with Gasteiger partial charge < -0.3 is 19.7 Å². The Kier molecular flexibility index (Phi) is 8.78. The predicted octanol–water partition coefficient (Wildman–Crippen LogP) is 3.04. The summed E-state index contributed by atoms with van der Waals surface area (Å²) >= 11 is 0. The maximum atomic E-state index is 14.5. The molecule has 0 bridgehead atoms. The van der Waals surface area contributed by atoms with E-state index in [1.807, 2.05) is 13.8 Å². The summed E-state index contributed by atoms with van der Waals surface area (Å²) in [6.07, 6.45) is 0.687. The van der Waals surface area contributed by atoms with Crippen LogP contribution in [0.3, 0.4) is 0 Å². The van der Waals surface area contributed by atoms with E-state index in [9.17, 15) is 22.4 Å². The molecule has 0 spiro atoms. The topological polar surface area (TPSA) is 105 Å². The van der Waals surface area contributed by atoms with Crippen LogP contribution >= 0.6 is 0 Å². The summed E-state index contributed by atoms with van der Waals surface area (Å²) in [4.78, 5) is 27.7. The highest BCUT2D eigenvalue weighted by Crippen LogP contribution is 2.36. The molecule has 3 rings (SSSR count). The molecular weight excluding hydrogens is 489 g/mol. The minimum absolute atomic E-state index is 0.0114. The van der Waals surface area contributed by atoms with E-state index in [-0.39, 0.29) is 36.4 Å². The van der Waals surface area contributed by atoms with Gasteiger partial charge in [-0.3, -0.25) is 13.9 Å². The minimum atomic E-state index is -3.89. The average molecular weight is 522 g/mol. The third-order valence-corrected chi connectivity index (χ3v) is 7.83. The maximum Gasteiger partial charge on any atom is 0.244 e. The lowest BCUT2D eigenvalue weighted by atomic mass is 10.1. The third kappa shape index (κ3) is 6.26. The molecule has 0 aliphatic carbocycles. The van der Waals surface area contributed by atoms with Gasteiger partial charge in [0.1, 0.15) is 18.4 Å². The number of benzene rings is 2. The summed E-state index contributed by atoms with van der Waals surface area (Å²) in [7, 11) is -3.89. The van der Waals surface area contributed by atoms with Crippen molar-refractivity contribution in [2.24, 2.45) is 0 Å². The van der Waals surface area contributed by atoms with Crippen molar-refractivity contribution in [2.45, 2.75) is 52.7 Å². The van der Waals surface area contributed by atoms with E-state index in [0.717, 1.165) is 4.31 Å². The van der Waals surface area contributed by atoms with Gasteiger partial charge in [0, 0.05) is 24.2 Å². The zero-order chi connectivity index (χ0) is 26.5. The molecule has 2 amide bonds. The number of nitrogens with one attached hydrogen (secondary N) is 1. The number of anilines is 1. The number of nitrogens with zero attached hydrogens (tertiary/aromatic N) is 2. The number of hydrogen-bond acceptors (Lipinski definition) is 6. The molecule has 0 fully saturated rings. The second-order valence-electron chi connectivity index (χ2n) is 8.55. The van der Waals surface area contributed by atoms with Crippen LogP contribution < -0.4 is 19.1 Å². The molecule has 2 aromatic rings. The van der Waals surface area contributed by atoms with E-state index in [1.165, 1.54) is 49.1 Å². The van der Waals surface area contributed by atoms with E-state index < -0.39 is 40.2 Å². The van der Waals surface area contributed by atoms with Gasteiger partial charge in [0.15, 0.2) is 11.5 Å². The summed E-state index contributed by atoms with van der Waals surface area (Å²) in [5.74, 6) is -1.02. The fourth-order valence-corrected chi connectivity index (χ4v) is 4.67. The van der Waals surface area contributed by atoms with Gasteiger partial charge in [-0.25, -0.2) is 12.8 Å². The third-order valence-electron chi connectivity index (χ3n) is 6.09. The maximum absolute atomic E-state index is 14.5. The lowest BCUT2D eigenvalue weighted by Crippen LogP contribution is -2.52. The van der Waals surface area contributed by atoms with Crippen molar-refractivity contribution in [3.05, 3.63) is 53.8 Å². The van der Waals surface area contributed by atoms with Crippen molar-refractivity contribution >= 4 is 27.5 Å². The molecule has 1 aliphatic heterocycles. The molecule has 0 radical (unpaired) electrons. The Morgan fingerprint density at radius 3 is 2.44 bits per heavy atom. The molecule has 1 aliphatic rings. The molecule has 0 saturated heterocycles. The Hall–Kier alpha value is -3.34. The highest BCUT2D eigenvalue weighted by molar-refractivity contribution is 7.92. The Labute approximate surface area is 211 Å². The van der Waals surface area contributed by atoms with E-state index in [1.54, 1.807) is 12.1 Å². The molecule has 1 N–H and O–H groups in total. The molecule has 2 aromatic carbocycles. The Bertz CT molecular complexity index is 1210. The van der Waals surface area contributed by atoms with Crippen LogP contribution in [0, 0.1) is 5.82 Å². The number of fused-ring (bicyclic) bond motifs is 1. The standard InChI is InChI=1S/C25H32FN3O6S/c1-5-17(3)27-25(31)18(4)28(14-19-9-7-8-10-21(19)26)24(30)15-29(36(32,33)6-2)20-11-12-22-23(13-20)35-16-34-22/h7-13,17-18H,5-6,14-16H2,1-4H3,(H,27,31). The SMILES string of the molecule is CCC(C)NC(=O)C(C)N(Cc1ccccc1F)C(=O)CN(c1ccc2c(c1)OCO2)S(=O)(=O)CC. The Morgan fingerprint density at radius 1 is 1.08 bits per heavy atom. The van der Waals surface area contributed by atoms with Gasteiger partial charge in [0.2, 0.25) is 28.6 Å². The number of sulfonamides is 1. The highest BCUT2D eigenvalue weighted by atomic mass is 32.2. The van der Waals surface area contributed by atoms with Crippen LogP contribution in [0.25, 0.3) is 0 Å². The first-order valence-corrected chi connectivity index (χ1v) is 13.4. The molecule has 0 saturated carbocycles. The molecule has 11 heteroatoms. The first kappa shape index (κ1) is 27.3. The van der Waals surface area contributed by atoms with Crippen molar-refractivity contribution in [1.29, 1.82) is 0 Å². The lowest BCUT2D eigenvalue weighted by molar-refractivity contribution is -0.139. The van der Waals surface area contributed by atoms with Gasteiger partial charge in [-0.15, -0.1) is 0 Å². The summed E-state index contributed by atoms with van der Waals surface area (Å²) in [5, 5.41) is 2.83. The van der Waals surface area contributed by atoms with Crippen molar-refractivity contribution in [3.63, 3.8) is 0 Å². The van der Waals surface area contributed by atoms with E-state index in [4.69, 9.17) is 9.47 Å². The van der Waals surface area contributed by atoms with E-state index >= 15 is 0 Å². The first-order chi connectivity index (χ1) is 17.1. The van der Waals surface area contributed by atoms with Gasteiger partial charge in [-0.05, 0) is 45.4 Å². The van der Waals surface area contributed by atoms with E-state index in [2.05, 4.69) is 5.32 Å². The van der Waals surface area contributed by atoms with Crippen LogP contribution in [-0.4, -0.2) is 56.3 Å². The number of amides is 2. The molecule has 196 valence electrons. The van der Waals surface area contributed by atoms with Crippen LogP contribution in [0.2, 0.25) is 0 Å². The second kappa shape index (κ2) is 11.6. The normalized spacial score (nSPS) is 14.1. The number of rotatable bonds is 11. The molecule has 2 unspecified atom stereocenters. The molecule has 0 aromatic heterocycles. The number of carbonyl (C=O) groups is 2. The fourth-order valence-electron chi connectivity index (χ4n) is 3.62. The smallest absolute Gasteiger partial charge is 0.244 e. The molecule has 1 heterocycles. The number of carbonyl (C=O) groups excluding carboxylic acids is 2. The van der Waals surface area contributed by atoms with Crippen molar-refractivity contribution in [3.8, 4) is 11.5 Å². The van der Waals surface area contributed by atoms with Crippen LogP contribution in [0.1, 0.15) is 39.7 Å². The Morgan fingerprint density at radius 2 is 1.78 bits per heavy atom. The molecule has 36 heavy (non-hydrogen) atoms. The number of halogens is 1. The molecule has 9 nitrogen and oxygen atoms in total. The second-order valence-corrected chi connectivity index (χ2v) is 10.7. The van der Waals surface area contributed by atoms with Gasteiger partial charge in [0.05, 0.1) is 11.4 Å². The summed E-state index contributed by atoms with van der Waals surface area (Å²) in [5.41, 5.74) is 0.430. The van der Waals surface area contributed by atoms with Gasteiger partial charge >= 0.3 is 0 Å². The quantitative estimate of drug-likeness (QED) is 0.487. The molecular formula is C25H32FN3O6S. The van der Waals surface area contributed by atoms with Crippen LogP contribution in [0.5, 0.6) is 11.5 Å². The number of hydrogen-bond donors (Lipinski definition) is 1. The van der Waals surface area contributed by atoms with Gasteiger partial charge in [0.25, 0.3) is 0 Å². The van der Waals surface area contributed by atoms with Crippen molar-refractivity contribution in [2.75, 3.05) is 23.4 Å². The largest absolute Gasteiger partial charge is 0.454 e. The monoisotopic (exact) mass is 521 g/mol. The van der Waals surface area contributed by atoms with E-state index in [0.29, 0.717) is 17.9 Å². The zero-order valence-corrected chi connectivity index (χ0v) is 21.7. The number of ether oxygens (including phenoxy) is 2. The summed E-state index contributed by atoms with van der Waals surface area (Å²) < 4.78 is 52.1.